The van der Waals surface area contributed by atoms with Crippen molar-refractivity contribution in [1.82, 2.24) is 0 Å². The fourth-order valence-corrected chi connectivity index (χ4v) is 4.66. The predicted octanol–water partition coefficient (Wildman–Crippen LogP) is 4.77. The van der Waals surface area contributed by atoms with Crippen LogP contribution in [0.25, 0.3) is 0 Å². The molecule has 1 aliphatic heterocycles. The average Bonchev–Trinajstić information content (AvgIpc) is 2.68. The van der Waals surface area contributed by atoms with Crippen molar-refractivity contribution in [2.75, 3.05) is 12.0 Å². The maximum absolute atomic E-state index is 12.9. The summed E-state index contributed by atoms with van der Waals surface area (Å²) in [6.07, 6.45) is 5.07. The van der Waals surface area contributed by atoms with Gasteiger partial charge in [0, 0.05) is 29.6 Å². The molecule has 0 unspecified atom stereocenters. The van der Waals surface area contributed by atoms with Gasteiger partial charge in [-0.15, -0.1) is 0 Å². The van der Waals surface area contributed by atoms with Crippen molar-refractivity contribution in [2.45, 2.75) is 44.2 Å². The third-order valence-corrected chi connectivity index (χ3v) is 5.78. The van der Waals surface area contributed by atoms with E-state index in [1.807, 2.05) is 18.2 Å². The first-order chi connectivity index (χ1) is 12.3. The molecule has 1 heterocycles. The smallest absolute Gasteiger partial charge is 0.140 e. The van der Waals surface area contributed by atoms with Crippen LogP contribution >= 0.6 is 0 Å². The van der Waals surface area contributed by atoms with E-state index < -0.39 is 0 Å². The Morgan fingerprint density at radius 3 is 2.48 bits per heavy atom. The van der Waals surface area contributed by atoms with Crippen LogP contribution in [0.15, 0.2) is 54.6 Å². The van der Waals surface area contributed by atoms with Crippen molar-refractivity contribution in [3.63, 3.8) is 0 Å². The second-order valence-electron chi connectivity index (χ2n) is 7.13. The molecule has 1 saturated carbocycles. The molecule has 4 rings (SSSR count). The molecule has 0 bridgehead atoms. The van der Waals surface area contributed by atoms with Gasteiger partial charge in [0.05, 0.1) is 13.2 Å². The summed E-state index contributed by atoms with van der Waals surface area (Å²) < 4.78 is 5.62. The van der Waals surface area contributed by atoms with Gasteiger partial charge in [-0.3, -0.25) is 4.79 Å². The lowest BCUT2D eigenvalue weighted by molar-refractivity contribution is -0.126. The van der Waals surface area contributed by atoms with Crippen LogP contribution in [-0.2, 0) is 4.79 Å². The van der Waals surface area contributed by atoms with Gasteiger partial charge in [0.15, 0.2) is 0 Å². The first-order valence-electron chi connectivity index (χ1n) is 9.28. The van der Waals surface area contributed by atoms with Crippen LogP contribution in [0.2, 0.25) is 0 Å². The van der Waals surface area contributed by atoms with Gasteiger partial charge in [0.2, 0.25) is 0 Å². The number of Topliss-reactive ketones (excluding diaryl/α,β-unsaturated/α-hetero) is 1. The minimum absolute atomic E-state index is 0.0467. The first-order valence-corrected chi connectivity index (χ1v) is 9.28. The molecule has 3 atom stereocenters. The number of para-hydroxylation sites is 2. The summed E-state index contributed by atoms with van der Waals surface area (Å²) in [5.41, 5.74) is 2.33. The summed E-state index contributed by atoms with van der Waals surface area (Å²) in [6.45, 7) is 0. The minimum Gasteiger partial charge on any atom is -0.496 e. The number of ether oxygens (including phenoxy) is 1. The number of nitrogens with zero attached hydrogens (tertiary/aromatic N) is 1. The molecule has 2 aromatic carbocycles. The van der Waals surface area contributed by atoms with E-state index in [-0.39, 0.29) is 12.0 Å². The van der Waals surface area contributed by atoms with Crippen molar-refractivity contribution in [2.24, 2.45) is 5.92 Å². The quantitative estimate of drug-likeness (QED) is 0.809. The van der Waals surface area contributed by atoms with Crippen LogP contribution in [0, 0.1) is 5.92 Å². The van der Waals surface area contributed by atoms with E-state index in [0.717, 1.165) is 24.2 Å². The molecule has 0 spiro atoms. The summed E-state index contributed by atoms with van der Waals surface area (Å²) in [6, 6.07) is 19.0. The lowest BCUT2D eigenvalue weighted by Gasteiger charge is -2.49. The van der Waals surface area contributed by atoms with Crippen LogP contribution in [-0.4, -0.2) is 18.9 Å². The van der Waals surface area contributed by atoms with E-state index in [2.05, 4.69) is 41.3 Å². The highest BCUT2D eigenvalue weighted by molar-refractivity contribution is 5.85. The molecule has 1 aliphatic carbocycles. The van der Waals surface area contributed by atoms with E-state index in [0.29, 0.717) is 18.2 Å². The Labute approximate surface area is 149 Å². The van der Waals surface area contributed by atoms with Crippen molar-refractivity contribution in [3.8, 4) is 5.75 Å². The minimum atomic E-state index is 0.0467. The van der Waals surface area contributed by atoms with Gasteiger partial charge in [-0.25, -0.2) is 0 Å². The summed E-state index contributed by atoms with van der Waals surface area (Å²) in [5.74, 6) is 1.48. The Balaban J connectivity index is 1.81. The third kappa shape index (κ3) is 2.92. The van der Waals surface area contributed by atoms with Gasteiger partial charge in [0.25, 0.3) is 0 Å². The molecule has 2 fully saturated rings. The maximum atomic E-state index is 12.9. The first kappa shape index (κ1) is 16.2. The van der Waals surface area contributed by atoms with Gasteiger partial charge in [-0.1, -0.05) is 49.2 Å². The molecule has 3 heteroatoms. The van der Waals surface area contributed by atoms with Gasteiger partial charge in [0.1, 0.15) is 11.5 Å². The fraction of sp³-hybridized carbons (Fsp3) is 0.409. The van der Waals surface area contributed by atoms with Crippen LogP contribution in [0.3, 0.4) is 0 Å². The molecular weight excluding hydrogens is 310 g/mol. The molecule has 2 aromatic rings. The number of methoxy groups -OCH3 is 1. The van der Waals surface area contributed by atoms with E-state index in [1.54, 1.807) is 7.11 Å². The molecule has 130 valence electrons. The summed E-state index contributed by atoms with van der Waals surface area (Å²) >= 11 is 0. The van der Waals surface area contributed by atoms with Gasteiger partial charge >= 0.3 is 0 Å². The summed E-state index contributed by atoms with van der Waals surface area (Å²) in [4.78, 5) is 15.4. The molecule has 1 saturated heterocycles. The number of hydrogen-bond donors (Lipinski definition) is 0. The lowest BCUT2D eigenvalue weighted by atomic mass is 9.74. The summed E-state index contributed by atoms with van der Waals surface area (Å²) in [7, 11) is 1.71. The third-order valence-electron chi connectivity index (χ3n) is 5.78. The number of anilines is 1. The van der Waals surface area contributed by atoms with Gasteiger partial charge in [-0.05, 0) is 31.0 Å². The number of carbonyl (C=O) groups is 1. The molecule has 0 N–H and O–H groups in total. The standard InChI is InChI=1S/C22H25NO2/c1-25-22-14-8-6-12-18(22)20-15-21(24)17-11-5-7-13-19(17)23(20)16-9-3-2-4-10-16/h2-4,6,8-10,12,14,17,19-20H,5,7,11,13,15H2,1H3/t17-,19-,20-/m1/s1. The van der Waals surface area contributed by atoms with Crippen molar-refractivity contribution >= 4 is 11.5 Å². The van der Waals surface area contributed by atoms with Gasteiger partial charge < -0.3 is 9.64 Å². The number of piperidine rings is 1. The number of rotatable bonds is 3. The average molecular weight is 335 g/mol. The number of benzene rings is 2. The Morgan fingerprint density at radius 2 is 1.68 bits per heavy atom. The largest absolute Gasteiger partial charge is 0.496 e. The molecule has 25 heavy (non-hydrogen) atoms. The van der Waals surface area contributed by atoms with Crippen molar-refractivity contribution < 1.29 is 9.53 Å². The molecule has 3 nitrogen and oxygen atoms in total. The van der Waals surface area contributed by atoms with E-state index in [9.17, 15) is 4.79 Å². The maximum Gasteiger partial charge on any atom is 0.140 e. The zero-order valence-electron chi connectivity index (χ0n) is 14.7. The zero-order valence-corrected chi connectivity index (χ0v) is 14.7. The predicted molar refractivity (Wildman–Crippen MR) is 100 cm³/mol. The van der Waals surface area contributed by atoms with Crippen molar-refractivity contribution in [1.29, 1.82) is 0 Å². The van der Waals surface area contributed by atoms with Crippen LogP contribution in [0.4, 0.5) is 5.69 Å². The van der Waals surface area contributed by atoms with E-state index >= 15 is 0 Å². The normalized spacial score (nSPS) is 26.2. The number of fused-ring (bicyclic) bond motifs is 1. The monoisotopic (exact) mass is 335 g/mol. The van der Waals surface area contributed by atoms with E-state index in [1.165, 1.54) is 18.5 Å². The molecule has 0 radical (unpaired) electrons. The topological polar surface area (TPSA) is 29.5 Å². The Morgan fingerprint density at radius 1 is 0.960 bits per heavy atom. The highest BCUT2D eigenvalue weighted by atomic mass is 16.5. The number of hydrogen-bond acceptors (Lipinski definition) is 3. The molecule has 2 aliphatic rings. The SMILES string of the molecule is COc1ccccc1[C@H]1CC(=O)[C@@H]2CCCC[C@H]2N1c1ccccc1. The zero-order chi connectivity index (χ0) is 17.2. The second kappa shape index (κ2) is 6.91. The number of carbonyl (C=O) groups excluding carboxylic acids is 1. The molecule has 0 aromatic heterocycles. The number of ketones is 1. The van der Waals surface area contributed by atoms with Crippen LogP contribution < -0.4 is 9.64 Å². The molecular formula is C22H25NO2. The Hall–Kier alpha value is -2.29. The Bertz CT molecular complexity index is 743. The van der Waals surface area contributed by atoms with Crippen LogP contribution in [0.1, 0.15) is 43.7 Å². The van der Waals surface area contributed by atoms with Crippen molar-refractivity contribution in [3.05, 3.63) is 60.2 Å². The fourth-order valence-electron chi connectivity index (χ4n) is 4.66. The Kier molecular flexibility index (Phi) is 4.48. The highest BCUT2D eigenvalue weighted by Crippen LogP contribution is 2.45. The molecule has 0 amide bonds. The lowest BCUT2D eigenvalue weighted by Crippen LogP contribution is -2.52. The summed E-state index contributed by atoms with van der Waals surface area (Å²) in [5, 5.41) is 0. The second-order valence-corrected chi connectivity index (χ2v) is 7.13. The van der Waals surface area contributed by atoms with Crippen LogP contribution in [0.5, 0.6) is 5.75 Å². The van der Waals surface area contributed by atoms with E-state index in [4.69, 9.17) is 4.74 Å². The van der Waals surface area contributed by atoms with Gasteiger partial charge in [-0.2, -0.15) is 0 Å². The highest BCUT2D eigenvalue weighted by Gasteiger charge is 2.44.